The SMILES string of the molecule is Nc1cc(Br)c(F)cc1NCC1(O)CCCC1. The maximum atomic E-state index is 13.4. The minimum atomic E-state index is -0.671. The molecular weight excluding hydrogens is 287 g/mol. The molecule has 1 fully saturated rings. The number of hydrogen-bond donors (Lipinski definition) is 3. The lowest BCUT2D eigenvalue weighted by atomic mass is 10.0. The van der Waals surface area contributed by atoms with Crippen molar-refractivity contribution < 1.29 is 9.50 Å². The highest BCUT2D eigenvalue weighted by Gasteiger charge is 2.30. The molecule has 0 saturated heterocycles. The molecule has 17 heavy (non-hydrogen) atoms. The van der Waals surface area contributed by atoms with Crippen molar-refractivity contribution >= 4 is 27.3 Å². The van der Waals surface area contributed by atoms with E-state index in [9.17, 15) is 9.50 Å². The first-order chi connectivity index (χ1) is 8.00. The van der Waals surface area contributed by atoms with Gasteiger partial charge in [-0.15, -0.1) is 0 Å². The summed E-state index contributed by atoms with van der Waals surface area (Å²) >= 11 is 3.08. The second-order valence-electron chi connectivity index (χ2n) is 4.64. The van der Waals surface area contributed by atoms with Gasteiger partial charge in [0.2, 0.25) is 0 Å². The quantitative estimate of drug-likeness (QED) is 0.753. The van der Waals surface area contributed by atoms with E-state index in [1.54, 1.807) is 0 Å². The Labute approximate surface area is 108 Å². The molecule has 3 nitrogen and oxygen atoms in total. The summed E-state index contributed by atoms with van der Waals surface area (Å²) < 4.78 is 13.7. The van der Waals surface area contributed by atoms with Gasteiger partial charge in [-0.05, 0) is 34.8 Å². The second-order valence-corrected chi connectivity index (χ2v) is 5.49. The van der Waals surface area contributed by atoms with E-state index in [-0.39, 0.29) is 5.82 Å². The molecule has 1 aliphatic carbocycles. The highest BCUT2D eigenvalue weighted by Crippen LogP contribution is 2.31. The molecule has 94 valence electrons. The number of aliphatic hydroxyl groups is 1. The Hall–Kier alpha value is -0.810. The maximum Gasteiger partial charge on any atom is 0.139 e. The van der Waals surface area contributed by atoms with Crippen LogP contribution in [0.15, 0.2) is 16.6 Å². The molecule has 0 amide bonds. The molecule has 0 unspecified atom stereocenters. The monoisotopic (exact) mass is 302 g/mol. The molecule has 2 rings (SSSR count). The first kappa shape index (κ1) is 12.6. The van der Waals surface area contributed by atoms with E-state index in [1.807, 2.05) is 0 Å². The van der Waals surface area contributed by atoms with E-state index in [4.69, 9.17) is 5.73 Å². The van der Waals surface area contributed by atoms with Gasteiger partial charge < -0.3 is 16.2 Å². The standard InChI is InChI=1S/C12H16BrFN2O/c13-8-5-10(15)11(6-9(8)14)16-7-12(17)3-1-2-4-12/h5-6,16-17H,1-4,7,15H2. The van der Waals surface area contributed by atoms with E-state index in [0.717, 1.165) is 25.7 Å². The minimum Gasteiger partial charge on any atom is -0.397 e. The lowest BCUT2D eigenvalue weighted by Gasteiger charge is -2.23. The molecule has 0 spiro atoms. The van der Waals surface area contributed by atoms with Gasteiger partial charge in [-0.3, -0.25) is 0 Å². The average molecular weight is 303 g/mol. The third-order valence-electron chi connectivity index (χ3n) is 3.23. The third kappa shape index (κ3) is 2.90. The molecule has 0 aliphatic heterocycles. The Kier molecular flexibility index (Phi) is 3.58. The molecule has 4 N–H and O–H groups in total. The molecule has 1 aromatic rings. The molecule has 0 radical (unpaired) electrons. The summed E-state index contributed by atoms with van der Waals surface area (Å²) in [6.07, 6.45) is 3.67. The van der Waals surface area contributed by atoms with Crippen LogP contribution in [0.1, 0.15) is 25.7 Å². The van der Waals surface area contributed by atoms with Gasteiger partial charge in [-0.2, -0.15) is 0 Å². The first-order valence-corrected chi connectivity index (χ1v) is 6.50. The van der Waals surface area contributed by atoms with Crippen LogP contribution in [0, 0.1) is 5.82 Å². The van der Waals surface area contributed by atoms with Gasteiger partial charge >= 0.3 is 0 Å². The normalized spacial score (nSPS) is 18.3. The second kappa shape index (κ2) is 4.82. The summed E-state index contributed by atoms with van der Waals surface area (Å²) in [6.45, 7) is 0.415. The van der Waals surface area contributed by atoms with Crippen molar-refractivity contribution in [2.75, 3.05) is 17.6 Å². The molecule has 0 heterocycles. The Bertz CT molecular complexity index is 419. The predicted octanol–water partition coefficient (Wildman–Crippen LogP) is 2.89. The fraction of sp³-hybridized carbons (Fsp3) is 0.500. The van der Waals surface area contributed by atoms with Crippen LogP contribution >= 0.6 is 15.9 Å². The van der Waals surface area contributed by atoms with Crippen LogP contribution in [-0.2, 0) is 0 Å². The van der Waals surface area contributed by atoms with Gasteiger partial charge in [0.15, 0.2) is 0 Å². The first-order valence-electron chi connectivity index (χ1n) is 5.71. The average Bonchev–Trinajstić information content (AvgIpc) is 2.69. The van der Waals surface area contributed by atoms with Crippen LogP contribution in [-0.4, -0.2) is 17.3 Å². The Morgan fingerprint density at radius 2 is 2.06 bits per heavy atom. The Morgan fingerprint density at radius 1 is 1.41 bits per heavy atom. The molecule has 1 aliphatic rings. The minimum absolute atomic E-state index is 0.347. The summed E-state index contributed by atoms with van der Waals surface area (Å²) in [7, 11) is 0. The number of hydrogen-bond acceptors (Lipinski definition) is 3. The zero-order valence-corrected chi connectivity index (χ0v) is 11.1. The summed E-state index contributed by atoms with van der Waals surface area (Å²) in [5.41, 5.74) is 6.11. The van der Waals surface area contributed by atoms with Crippen LogP contribution < -0.4 is 11.1 Å². The molecule has 1 aromatic carbocycles. The van der Waals surface area contributed by atoms with Crippen molar-refractivity contribution in [2.24, 2.45) is 0 Å². The lowest BCUT2D eigenvalue weighted by Crippen LogP contribution is -2.33. The van der Waals surface area contributed by atoms with Crippen LogP contribution in [0.4, 0.5) is 15.8 Å². The summed E-state index contributed by atoms with van der Waals surface area (Å²) in [5, 5.41) is 13.2. The van der Waals surface area contributed by atoms with Crippen molar-refractivity contribution in [2.45, 2.75) is 31.3 Å². The molecule has 5 heteroatoms. The van der Waals surface area contributed by atoms with Gasteiger partial charge in [0.1, 0.15) is 5.82 Å². The fourth-order valence-corrected chi connectivity index (χ4v) is 2.55. The predicted molar refractivity (Wildman–Crippen MR) is 70.4 cm³/mol. The van der Waals surface area contributed by atoms with Gasteiger partial charge in [-0.25, -0.2) is 4.39 Å². The van der Waals surface area contributed by atoms with Crippen LogP contribution in [0.2, 0.25) is 0 Å². The van der Waals surface area contributed by atoms with Crippen LogP contribution in [0.25, 0.3) is 0 Å². The van der Waals surface area contributed by atoms with Crippen molar-refractivity contribution in [3.63, 3.8) is 0 Å². The lowest BCUT2D eigenvalue weighted by molar-refractivity contribution is 0.0615. The van der Waals surface area contributed by atoms with Crippen molar-refractivity contribution in [1.82, 2.24) is 0 Å². The fourth-order valence-electron chi connectivity index (χ4n) is 2.18. The number of nitrogen functional groups attached to an aromatic ring is 1. The zero-order valence-electron chi connectivity index (χ0n) is 9.47. The van der Waals surface area contributed by atoms with E-state index in [1.165, 1.54) is 12.1 Å². The van der Waals surface area contributed by atoms with E-state index in [2.05, 4.69) is 21.2 Å². The van der Waals surface area contributed by atoms with Gasteiger partial charge in [0.25, 0.3) is 0 Å². The number of nitrogens with one attached hydrogen (secondary N) is 1. The highest BCUT2D eigenvalue weighted by molar-refractivity contribution is 9.10. The summed E-state index contributed by atoms with van der Waals surface area (Å²) in [4.78, 5) is 0. The van der Waals surface area contributed by atoms with Gasteiger partial charge in [0, 0.05) is 12.6 Å². The van der Waals surface area contributed by atoms with Gasteiger partial charge in [-0.1, -0.05) is 12.8 Å². The molecule has 1 saturated carbocycles. The topological polar surface area (TPSA) is 58.3 Å². The molecule has 0 bridgehead atoms. The van der Waals surface area contributed by atoms with E-state index < -0.39 is 5.60 Å². The number of anilines is 2. The van der Waals surface area contributed by atoms with E-state index >= 15 is 0 Å². The Morgan fingerprint density at radius 3 is 2.71 bits per heavy atom. The highest BCUT2D eigenvalue weighted by atomic mass is 79.9. The van der Waals surface area contributed by atoms with Crippen LogP contribution in [0.5, 0.6) is 0 Å². The molecule has 0 atom stereocenters. The molecular formula is C12H16BrFN2O. The summed E-state index contributed by atoms with van der Waals surface area (Å²) in [6, 6.07) is 2.87. The third-order valence-corrected chi connectivity index (χ3v) is 3.84. The zero-order chi connectivity index (χ0) is 12.5. The van der Waals surface area contributed by atoms with Gasteiger partial charge in [0.05, 0.1) is 21.4 Å². The number of nitrogens with two attached hydrogens (primary N) is 1. The van der Waals surface area contributed by atoms with Crippen molar-refractivity contribution in [3.05, 3.63) is 22.4 Å². The van der Waals surface area contributed by atoms with E-state index in [0.29, 0.717) is 22.4 Å². The smallest absolute Gasteiger partial charge is 0.139 e. The van der Waals surface area contributed by atoms with Crippen LogP contribution in [0.3, 0.4) is 0 Å². The van der Waals surface area contributed by atoms with Crippen molar-refractivity contribution in [3.8, 4) is 0 Å². The number of rotatable bonds is 3. The summed E-state index contributed by atoms with van der Waals surface area (Å²) in [5.74, 6) is -0.361. The number of halogens is 2. The number of benzene rings is 1. The molecule has 0 aromatic heterocycles. The largest absolute Gasteiger partial charge is 0.397 e. The maximum absolute atomic E-state index is 13.4. The Balaban J connectivity index is 2.06. The van der Waals surface area contributed by atoms with Crippen molar-refractivity contribution in [1.29, 1.82) is 0 Å².